The fraction of sp³-hybridized carbons (Fsp3) is 0.467. The van der Waals surface area contributed by atoms with Gasteiger partial charge >= 0.3 is 0 Å². The Bertz CT molecular complexity index is 593. The van der Waals surface area contributed by atoms with Gasteiger partial charge in [-0.05, 0) is 44.4 Å². The number of halogens is 1. The molecule has 1 aliphatic rings. The lowest BCUT2D eigenvalue weighted by Crippen LogP contribution is -2.17. The molecule has 106 valence electrons. The van der Waals surface area contributed by atoms with Crippen molar-refractivity contribution in [1.29, 1.82) is 0 Å². The quantitative estimate of drug-likeness (QED) is 0.824. The summed E-state index contributed by atoms with van der Waals surface area (Å²) in [6.07, 6.45) is 4.81. The molecule has 1 aliphatic carbocycles. The highest BCUT2D eigenvalue weighted by molar-refractivity contribution is 7.14. The molecule has 1 N–H and O–H groups in total. The average molecular weight is 308 g/mol. The standard InChI is InChI=1S/C15H18ClN3S/c1-10-12(4-2-5-13(10)16)15-19-18-14(20-15)6-3-9-17-11-7-8-11/h2,4-5,11,17H,3,6-9H2,1H3. The Hall–Kier alpha value is -0.970. The minimum absolute atomic E-state index is 0.785. The molecule has 20 heavy (non-hydrogen) atoms. The first-order chi connectivity index (χ1) is 9.74. The summed E-state index contributed by atoms with van der Waals surface area (Å²) in [6.45, 7) is 3.11. The molecule has 3 nitrogen and oxygen atoms in total. The second-order valence-corrected chi connectivity index (χ2v) is 6.71. The van der Waals surface area contributed by atoms with E-state index >= 15 is 0 Å². The number of hydrogen-bond acceptors (Lipinski definition) is 4. The van der Waals surface area contributed by atoms with Crippen LogP contribution in [0.4, 0.5) is 0 Å². The molecule has 5 heteroatoms. The lowest BCUT2D eigenvalue weighted by atomic mass is 10.1. The predicted octanol–water partition coefficient (Wildman–Crippen LogP) is 3.85. The van der Waals surface area contributed by atoms with Crippen LogP contribution in [0.3, 0.4) is 0 Å². The van der Waals surface area contributed by atoms with Gasteiger partial charge in [0.25, 0.3) is 0 Å². The molecule has 3 rings (SSSR count). The number of aromatic nitrogens is 2. The van der Waals surface area contributed by atoms with Crippen molar-refractivity contribution >= 4 is 22.9 Å². The second kappa shape index (κ2) is 6.20. The summed E-state index contributed by atoms with van der Waals surface area (Å²) in [6, 6.07) is 6.71. The molecule has 1 heterocycles. The van der Waals surface area contributed by atoms with Crippen molar-refractivity contribution < 1.29 is 0 Å². The van der Waals surface area contributed by atoms with E-state index in [4.69, 9.17) is 11.6 Å². The minimum Gasteiger partial charge on any atom is -0.314 e. The molecule has 1 aromatic carbocycles. The Morgan fingerprint density at radius 3 is 3.00 bits per heavy atom. The Morgan fingerprint density at radius 2 is 2.20 bits per heavy atom. The second-order valence-electron chi connectivity index (χ2n) is 5.25. The van der Waals surface area contributed by atoms with Gasteiger partial charge in [-0.3, -0.25) is 0 Å². The molecular weight excluding hydrogens is 290 g/mol. The van der Waals surface area contributed by atoms with Gasteiger partial charge in [0, 0.05) is 23.0 Å². The van der Waals surface area contributed by atoms with E-state index in [0.717, 1.165) is 51.6 Å². The van der Waals surface area contributed by atoms with E-state index in [1.807, 2.05) is 19.1 Å². The zero-order chi connectivity index (χ0) is 13.9. The van der Waals surface area contributed by atoms with Crippen molar-refractivity contribution in [3.8, 4) is 10.6 Å². The zero-order valence-electron chi connectivity index (χ0n) is 11.5. The molecule has 0 aliphatic heterocycles. The molecule has 0 saturated heterocycles. The van der Waals surface area contributed by atoms with E-state index in [-0.39, 0.29) is 0 Å². The monoisotopic (exact) mass is 307 g/mol. The summed E-state index contributed by atoms with van der Waals surface area (Å²) in [5, 5.41) is 15.0. The maximum Gasteiger partial charge on any atom is 0.148 e. The minimum atomic E-state index is 0.785. The van der Waals surface area contributed by atoms with Crippen molar-refractivity contribution in [2.45, 2.75) is 38.6 Å². The maximum atomic E-state index is 6.16. The molecule has 1 fully saturated rings. The summed E-state index contributed by atoms with van der Waals surface area (Å²) in [7, 11) is 0. The smallest absolute Gasteiger partial charge is 0.148 e. The van der Waals surface area contributed by atoms with Gasteiger partial charge in [0.2, 0.25) is 0 Å². The van der Waals surface area contributed by atoms with Crippen LogP contribution in [0.5, 0.6) is 0 Å². The molecule has 0 amide bonds. The van der Waals surface area contributed by atoms with Gasteiger partial charge in [-0.15, -0.1) is 10.2 Å². The first-order valence-electron chi connectivity index (χ1n) is 7.05. The van der Waals surface area contributed by atoms with E-state index in [9.17, 15) is 0 Å². The first-order valence-corrected chi connectivity index (χ1v) is 8.25. The zero-order valence-corrected chi connectivity index (χ0v) is 13.1. The van der Waals surface area contributed by atoms with Crippen LogP contribution in [0.2, 0.25) is 5.02 Å². The van der Waals surface area contributed by atoms with Gasteiger partial charge in [-0.2, -0.15) is 0 Å². The number of rotatable bonds is 6. The van der Waals surface area contributed by atoms with Gasteiger partial charge in [-0.25, -0.2) is 0 Å². The van der Waals surface area contributed by atoms with E-state index < -0.39 is 0 Å². The van der Waals surface area contributed by atoms with E-state index in [2.05, 4.69) is 21.6 Å². The Morgan fingerprint density at radius 1 is 1.35 bits per heavy atom. The molecule has 2 aromatic rings. The van der Waals surface area contributed by atoms with E-state index in [0.29, 0.717) is 0 Å². The molecule has 0 spiro atoms. The highest BCUT2D eigenvalue weighted by atomic mass is 35.5. The van der Waals surface area contributed by atoms with Crippen molar-refractivity contribution in [3.05, 3.63) is 33.8 Å². The molecule has 0 radical (unpaired) electrons. The number of hydrogen-bond donors (Lipinski definition) is 1. The van der Waals surface area contributed by atoms with Crippen LogP contribution >= 0.6 is 22.9 Å². The van der Waals surface area contributed by atoms with E-state index in [1.165, 1.54) is 12.8 Å². The molecule has 0 atom stereocenters. The number of nitrogens with one attached hydrogen (secondary N) is 1. The first kappa shape index (κ1) is 14.0. The summed E-state index contributed by atoms with van der Waals surface area (Å²) in [4.78, 5) is 0. The fourth-order valence-electron chi connectivity index (χ4n) is 2.14. The van der Waals surface area contributed by atoms with Crippen LogP contribution in [0.25, 0.3) is 10.6 Å². The maximum absolute atomic E-state index is 6.16. The SMILES string of the molecule is Cc1c(Cl)cccc1-c1nnc(CCCNC2CC2)s1. The van der Waals surface area contributed by atoms with Gasteiger partial charge < -0.3 is 5.32 Å². The lowest BCUT2D eigenvalue weighted by Gasteiger charge is -2.02. The van der Waals surface area contributed by atoms with Crippen molar-refractivity contribution in [2.24, 2.45) is 0 Å². The molecule has 0 unspecified atom stereocenters. The predicted molar refractivity (Wildman–Crippen MR) is 84.4 cm³/mol. The number of benzene rings is 1. The van der Waals surface area contributed by atoms with Gasteiger partial charge in [0.05, 0.1) is 0 Å². The van der Waals surface area contributed by atoms with Gasteiger partial charge in [-0.1, -0.05) is 35.1 Å². The summed E-state index contributed by atoms with van der Waals surface area (Å²) in [5.41, 5.74) is 2.17. The van der Waals surface area contributed by atoms with Gasteiger partial charge in [0.15, 0.2) is 0 Å². The Kier molecular flexibility index (Phi) is 4.34. The normalized spacial score (nSPS) is 14.7. The third-order valence-electron chi connectivity index (χ3n) is 3.54. The van der Waals surface area contributed by atoms with Crippen LogP contribution < -0.4 is 5.32 Å². The van der Waals surface area contributed by atoms with Crippen molar-refractivity contribution in [3.63, 3.8) is 0 Å². The van der Waals surface area contributed by atoms with Crippen molar-refractivity contribution in [2.75, 3.05) is 6.54 Å². The van der Waals surface area contributed by atoms with E-state index in [1.54, 1.807) is 11.3 Å². The highest BCUT2D eigenvalue weighted by Gasteiger charge is 2.19. The topological polar surface area (TPSA) is 37.8 Å². The molecule has 0 bridgehead atoms. The molecule has 1 aromatic heterocycles. The van der Waals surface area contributed by atoms with Crippen LogP contribution in [-0.2, 0) is 6.42 Å². The van der Waals surface area contributed by atoms with Crippen LogP contribution in [0.1, 0.15) is 29.8 Å². The van der Waals surface area contributed by atoms with Gasteiger partial charge in [0.1, 0.15) is 10.0 Å². The third-order valence-corrected chi connectivity index (χ3v) is 4.97. The number of aryl methyl sites for hydroxylation is 1. The summed E-state index contributed by atoms with van der Waals surface area (Å²) in [5.74, 6) is 0. The summed E-state index contributed by atoms with van der Waals surface area (Å²) >= 11 is 7.83. The number of nitrogens with zero attached hydrogens (tertiary/aromatic N) is 2. The molecule has 1 saturated carbocycles. The third kappa shape index (κ3) is 3.37. The van der Waals surface area contributed by atoms with Crippen molar-refractivity contribution in [1.82, 2.24) is 15.5 Å². The fourth-order valence-corrected chi connectivity index (χ4v) is 3.27. The Labute approximate surface area is 128 Å². The largest absolute Gasteiger partial charge is 0.314 e. The average Bonchev–Trinajstić information content (AvgIpc) is 3.15. The highest BCUT2D eigenvalue weighted by Crippen LogP contribution is 2.30. The van der Waals surface area contributed by atoms with Crippen LogP contribution in [0.15, 0.2) is 18.2 Å². The van der Waals surface area contributed by atoms with Crippen LogP contribution in [-0.4, -0.2) is 22.8 Å². The summed E-state index contributed by atoms with van der Waals surface area (Å²) < 4.78 is 0. The van der Waals surface area contributed by atoms with Crippen LogP contribution in [0, 0.1) is 6.92 Å². The molecular formula is C15H18ClN3S. The Balaban J connectivity index is 1.62. The lowest BCUT2D eigenvalue weighted by molar-refractivity contribution is 0.643.